The van der Waals surface area contributed by atoms with Crippen LogP contribution in [0.3, 0.4) is 0 Å². The fourth-order valence-corrected chi connectivity index (χ4v) is 3.47. The van der Waals surface area contributed by atoms with Crippen LogP contribution in [0.5, 0.6) is 0 Å². The minimum absolute atomic E-state index is 0.00655. The van der Waals surface area contributed by atoms with Gasteiger partial charge in [-0.1, -0.05) is 17.3 Å². The summed E-state index contributed by atoms with van der Waals surface area (Å²) in [6.07, 6.45) is 2.61. The molecule has 0 N–H and O–H groups in total. The average Bonchev–Trinajstić information content (AvgIpc) is 3.33. The molecule has 1 aliphatic rings. The van der Waals surface area contributed by atoms with Crippen molar-refractivity contribution in [2.24, 2.45) is 5.92 Å². The van der Waals surface area contributed by atoms with Gasteiger partial charge in [0, 0.05) is 26.4 Å². The molecule has 0 aliphatic carbocycles. The van der Waals surface area contributed by atoms with Crippen LogP contribution in [-0.4, -0.2) is 38.6 Å². The second kappa shape index (κ2) is 6.78. The van der Waals surface area contributed by atoms with Crippen LogP contribution in [0.1, 0.15) is 24.6 Å². The summed E-state index contributed by atoms with van der Waals surface area (Å²) < 4.78 is 11.6. The van der Waals surface area contributed by atoms with Gasteiger partial charge in [-0.15, -0.1) is 0 Å². The number of rotatable bonds is 5. The number of likely N-dealkylation sites (tertiary alicyclic amines) is 1. The predicted molar refractivity (Wildman–Crippen MR) is 92.5 cm³/mol. The van der Waals surface area contributed by atoms with Gasteiger partial charge in [-0.3, -0.25) is 9.36 Å². The molecular weight excluding hydrogens is 336 g/mol. The summed E-state index contributed by atoms with van der Waals surface area (Å²) in [6, 6.07) is 7.13. The van der Waals surface area contributed by atoms with Crippen LogP contribution < -0.4 is 5.76 Å². The van der Waals surface area contributed by atoms with E-state index in [1.54, 1.807) is 25.1 Å². The molecule has 0 spiro atoms. The maximum atomic E-state index is 12.6. The van der Waals surface area contributed by atoms with Gasteiger partial charge in [0.25, 0.3) is 0 Å². The van der Waals surface area contributed by atoms with Crippen molar-refractivity contribution in [2.75, 3.05) is 13.1 Å². The highest BCUT2D eigenvalue weighted by molar-refractivity contribution is 5.79. The van der Waals surface area contributed by atoms with Crippen molar-refractivity contribution in [3.8, 4) is 0 Å². The Morgan fingerprint density at radius 3 is 3.00 bits per heavy atom. The molecule has 2 aromatic heterocycles. The van der Waals surface area contributed by atoms with E-state index in [1.165, 1.54) is 4.57 Å². The Morgan fingerprint density at radius 2 is 2.19 bits per heavy atom. The van der Waals surface area contributed by atoms with Gasteiger partial charge < -0.3 is 13.8 Å². The summed E-state index contributed by atoms with van der Waals surface area (Å²) in [6.45, 7) is 3.18. The summed E-state index contributed by atoms with van der Waals surface area (Å²) in [4.78, 5) is 30.7. The van der Waals surface area contributed by atoms with E-state index in [1.807, 2.05) is 11.0 Å². The number of oxazole rings is 1. The lowest BCUT2D eigenvalue weighted by Crippen LogP contribution is -2.34. The van der Waals surface area contributed by atoms with Gasteiger partial charge in [0.2, 0.25) is 11.8 Å². The third-order valence-corrected chi connectivity index (χ3v) is 4.85. The monoisotopic (exact) mass is 356 g/mol. The summed E-state index contributed by atoms with van der Waals surface area (Å²) >= 11 is 0. The minimum Gasteiger partial charge on any atom is -0.408 e. The number of hydrogen-bond donors (Lipinski definition) is 0. The van der Waals surface area contributed by atoms with Crippen LogP contribution in [0.2, 0.25) is 0 Å². The lowest BCUT2D eigenvalue weighted by atomic mass is 10.0. The highest BCUT2D eigenvalue weighted by Crippen LogP contribution is 2.22. The Balaban J connectivity index is 1.37. The second-order valence-electron chi connectivity index (χ2n) is 6.68. The normalized spacial score (nSPS) is 17.3. The first-order valence-electron chi connectivity index (χ1n) is 8.75. The Kier molecular flexibility index (Phi) is 4.32. The van der Waals surface area contributed by atoms with Gasteiger partial charge in [-0.05, 0) is 30.9 Å². The van der Waals surface area contributed by atoms with E-state index in [-0.39, 0.29) is 12.5 Å². The van der Waals surface area contributed by atoms with E-state index in [0.717, 1.165) is 19.3 Å². The molecule has 1 aromatic carbocycles. The van der Waals surface area contributed by atoms with Gasteiger partial charge in [0.1, 0.15) is 6.54 Å². The van der Waals surface area contributed by atoms with Crippen LogP contribution in [0.25, 0.3) is 11.1 Å². The fourth-order valence-electron chi connectivity index (χ4n) is 3.47. The molecule has 1 fully saturated rings. The van der Waals surface area contributed by atoms with Crippen LogP contribution in [0, 0.1) is 12.8 Å². The van der Waals surface area contributed by atoms with Gasteiger partial charge in [-0.25, -0.2) is 4.79 Å². The molecule has 136 valence electrons. The molecule has 1 saturated heterocycles. The van der Waals surface area contributed by atoms with Crippen molar-refractivity contribution in [3.63, 3.8) is 0 Å². The maximum Gasteiger partial charge on any atom is 0.420 e. The first-order valence-corrected chi connectivity index (χ1v) is 8.75. The molecule has 0 bridgehead atoms. The lowest BCUT2D eigenvalue weighted by Gasteiger charge is -2.16. The third-order valence-electron chi connectivity index (χ3n) is 4.85. The number of aryl methyl sites for hydroxylation is 2. The highest BCUT2D eigenvalue weighted by Gasteiger charge is 2.27. The van der Waals surface area contributed by atoms with Crippen LogP contribution >= 0.6 is 0 Å². The Labute approximate surface area is 149 Å². The third kappa shape index (κ3) is 3.26. The SMILES string of the molecule is Cc1nc(CCC2CCN(C(=O)Cn3c(=O)oc4ccccc43)C2)no1. The first kappa shape index (κ1) is 16.6. The molecule has 3 heterocycles. The zero-order valence-electron chi connectivity index (χ0n) is 14.6. The fraction of sp³-hybridized carbons (Fsp3) is 0.444. The Morgan fingerprint density at radius 1 is 1.35 bits per heavy atom. The molecule has 1 aliphatic heterocycles. The second-order valence-corrected chi connectivity index (χ2v) is 6.68. The number of fused-ring (bicyclic) bond motifs is 1. The quantitative estimate of drug-likeness (QED) is 0.691. The smallest absolute Gasteiger partial charge is 0.408 e. The van der Waals surface area contributed by atoms with Crippen LogP contribution in [-0.2, 0) is 17.8 Å². The molecule has 3 aromatic rings. The highest BCUT2D eigenvalue weighted by atomic mass is 16.5. The summed E-state index contributed by atoms with van der Waals surface area (Å²) in [7, 11) is 0. The molecule has 1 atom stereocenters. The van der Waals surface area contributed by atoms with Gasteiger partial charge in [0.05, 0.1) is 5.52 Å². The summed E-state index contributed by atoms with van der Waals surface area (Å²) in [5.74, 6) is 1.14. The van der Waals surface area contributed by atoms with Gasteiger partial charge >= 0.3 is 5.76 Å². The van der Waals surface area contributed by atoms with E-state index >= 15 is 0 Å². The number of amides is 1. The van der Waals surface area contributed by atoms with Crippen molar-refractivity contribution < 1.29 is 13.7 Å². The number of carbonyl (C=O) groups excluding carboxylic acids is 1. The molecule has 8 nitrogen and oxygen atoms in total. The first-order chi connectivity index (χ1) is 12.6. The minimum atomic E-state index is -0.497. The predicted octanol–water partition coefficient (Wildman–Crippen LogP) is 1.77. The zero-order valence-corrected chi connectivity index (χ0v) is 14.6. The van der Waals surface area contributed by atoms with Crippen molar-refractivity contribution in [2.45, 2.75) is 32.7 Å². The summed E-state index contributed by atoms with van der Waals surface area (Å²) in [5, 5.41) is 3.90. The van der Waals surface area contributed by atoms with Gasteiger partial charge in [-0.2, -0.15) is 4.98 Å². The van der Waals surface area contributed by atoms with Crippen LogP contribution in [0.15, 0.2) is 38.0 Å². The molecule has 1 amide bonds. The van der Waals surface area contributed by atoms with E-state index < -0.39 is 5.76 Å². The number of nitrogens with zero attached hydrogens (tertiary/aromatic N) is 4. The van der Waals surface area contributed by atoms with Crippen molar-refractivity contribution in [3.05, 3.63) is 46.5 Å². The molecule has 1 unspecified atom stereocenters. The lowest BCUT2D eigenvalue weighted by molar-refractivity contribution is -0.130. The summed E-state index contributed by atoms with van der Waals surface area (Å²) in [5.41, 5.74) is 1.15. The van der Waals surface area contributed by atoms with E-state index in [0.29, 0.717) is 41.8 Å². The molecule has 0 saturated carbocycles. The standard InChI is InChI=1S/C18H20N4O4/c1-12-19-16(20-26-12)7-6-13-8-9-21(10-13)17(23)11-22-14-4-2-3-5-15(14)25-18(22)24/h2-5,13H,6-11H2,1H3. The Bertz CT molecular complexity index is 986. The zero-order chi connectivity index (χ0) is 18.1. The average molecular weight is 356 g/mol. The number of benzene rings is 1. The Hall–Kier alpha value is -2.90. The molecule has 8 heteroatoms. The largest absolute Gasteiger partial charge is 0.420 e. The maximum absolute atomic E-state index is 12.6. The van der Waals surface area contributed by atoms with E-state index in [9.17, 15) is 9.59 Å². The molecular formula is C18H20N4O4. The van der Waals surface area contributed by atoms with Crippen molar-refractivity contribution in [1.82, 2.24) is 19.6 Å². The van der Waals surface area contributed by atoms with E-state index in [2.05, 4.69) is 10.1 Å². The van der Waals surface area contributed by atoms with Crippen molar-refractivity contribution >= 4 is 17.0 Å². The van der Waals surface area contributed by atoms with E-state index in [4.69, 9.17) is 8.94 Å². The molecule has 4 rings (SSSR count). The van der Waals surface area contributed by atoms with Crippen LogP contribution in [0.4, 0.5) is 0 Å². The number of para-hydroxylation sites is 2. The number of carbonyl (C=O) groups is 1. The topological polar surface area (TPSA) is 94.4 Å². The number of hydrogen-bond acceptors (Lipinski definition) is 6. The molecule has 0 radical (unpaired) electrons. The molecule has 26 heavy (non-hydrogen) atoms. The van der Waals surface area contributed by atoms with Crippen molar-refractivity contribution in [1.29, 1.82) is 0 Å². The number of aromatic nitrogens is 3. The van der Waals surface area contributed by atoms with Gasteiger partial charge in [0.15, 0.2) is 11.4 Å².